The third-order valence-corrected chi connectivity index (χ3v) is 6.77. The Balaban J connectivity index is 1.63. The average molecular weight is 402 g/mol. The van der Waals surface area contributed by atoms with Gasteiger partial charge < -0.3 is 5.32 Å². The molecule has 1 heterocycles. The molecule has 0 bridgehead atoms. The molecule has 1 amide bonds. The molecule has 1 fully saturated rings. The van der Waals surface area contributed by atoms with E-state index in [2.05, 4.69) is 15.4 Å². The van der Waals surface area contributed by atoms with Gasteiger partial charge in [-0.15, -0.1) is 5.10 Å². The number of carbonyl (C=O) groups excluding carboxylic acids is 1. The topological polar surface area (TPSA) is 121 Å². The molecule has 0 radical (unpaired) electrons. The predicted molar refractivity (Wildman–Crippen MR) is 102 cm³/mol. The molecule has 0 aliphatic heterocycles. The first kappa shape index (κ1) is 20.0. The number of benzene rings is 1. The fraction of sp³-hybridized carbons (Fsp3) is 0.444. The molecule has 1 aliphatic carbocycles. The number of amides is 1. The second kappa shape index (κ2) is 8.50. The zero-order chi connectivity index (χ0) is 20.1. The molecule has 28 heavy (non-hydrogen) atoms. The van der Waals surface area contributed by atoms with Crippen molar-refractivity contribution in [3.8, 4) is 6.07 Å². The predicted octanol–water partition coefficient (Wildman–Crippen LogP) is 1.74. The Morgan fingerprint density at radius 1 is 1.29 bits per heavy atom. The molecule has 1 aromatic carbocycles. The van der Waals surface area contributed by atoms with Crippen molar-refractivity contribution in [1.82, 2.24) is 19.1 Å². The van der Waals surface area contributed by atoms with Gasteiger partial charge in [0.05, 0.1) is 4.90 Å². The van der Waals surface area contributed by atoms with Crippen LogP contribution in [0.4, 0.5) is 5.69 Å². The van der Waals surface area contributed by atoms with Crippen molar-refractivity contribution in [2.45, 2.75) is 49.6 Å². The molecule has 0 atom stereocenters. The van der Waals surface area contributed by atoms with E-state index in [0.717, 1.165) is 32.1 Å². The molecule has 0 spiro atoms. The van der Waals surface area contributed by atoms with Gasteiger partial charge in [0.1, 0.15) is 18.9 Å². The van der Waals surface area contributed by atoms with Crippen LogP contribution in [-0.4, -0.2) is 46.5 Å². The van der Waals surface area contributed by atoms with Gasteiger partial charge in [-0.05, 0) is 37.1 Å². The monoisotopic (exact) mass is 402 g/mol. The molecular weight excluding hydrogens is 380 g/mol. The van der Waals surface area contributed by atoms with Gasteiger partial charge in [0, 0.05) is 18.8 Å². The van der Waals surface area contributed by atoms with Gasteiger partial charge in [-0.1, -0.05) is 19.3 Å². The molecule has 10 heteroatoms. The molecule has 1 saturated carbocycles. The highest BCUT2D eigenvalue weighted by Crippen LogP contribution is 2.26. The summed E-state index contributed by atoms with van der Waals surface area (Å²) in [5.41, 5.74) is 0.477. The Morgan fingerprint density at radius 2 is 1.96 bits per heavy atom. The van der Waals surface area contributed by atoms with Crippen LogP contribution in [0.3, 0.4) is 0 Å². The van der Waals surface area contributed by atoms with Crippen molar-refractivity contribution in [3.05, 3.63) is 36.4 Å². The highest BCUT2D eigenvalue weighted by molar-refractivity contribution is 7.89. The molecule has 2 aromatic rings. The van der Waals surface area contributed by atoms with Gasteiger partial charge in [-0.3, -0.25) is 4.79 Å². The Hall–Kier alpha value is -2.77. The van der Waals surface area contributed by atoms with Crippen LogP contribution in [0.25, 0.3) is 0 Å². The fourth-order valence-corrected chi connectivity index (χ4v) is 4.70. The normalized spacial score (nSPS) is 15.3. The largest absolute Gasteiger partial charge is 0.324 e. The standard InChI is InChI=1S/C18H22N6O3S/c1-23(15-5-3-2-4-6-15)28(26,27)16-9-7-14(8-10-16)21-18(25)12-24-13-20-17(11-19)22-24/h7-10,13,15H,2-6,12H2,1H3,(H,21,25). The number of aromatic nitrogens is 3. The Morgan fingerprint density at radius 3 is 2.57 bits per heavy atom. The lowest BCUT2D eigenvalue weighted by Crippen LogP contribution is -2.38. The minimum atomic E-state index is -3.56. The molecule has 0 saturated heterocycles. The van der Waals surface area contributed by atoms with Crippen LogP contribution >= 0.6 is 0 Å². The summed E-state index contributed by atoms with van der Waals surface area (Å²) in [6.45, 7) is -0.0981. The molecular formula is C18H22N6O3S. The highest BCUT2D eigenvalue weighted by atomic mass is 32.2. The number of nitriles is 1. The van der Waals surface area contributed by atoms with Crippen molar-refractivity contribution in [2.75, 3.05) is 12.4 Å². The SMILES string of the molecule is CN(C1CCCCC1)S(=O)(=O)c1ccc(NC(=O)Cn2cnc(C#N)n2)cc1. The lowest BCUT2D eigenvalue weighted by molar-refractivity contribution is -0.116. The van der Waals surface area contributed by atoms with Gasteiger partial charge in [0.2, 0.25) is 15.9 Å². The Kier molecular flexibility index (Phi) is 6.06. The molecule has 1 aliphatic rings. The van der Waals surface area contributed by atoms with E-state index in [1.807, 2.05) is 0 Å². The lowest BCUT2D eigenvalue weighted by Gasteiger charge is -2.30. The quantitative estimate of drug-likeness (QED) is 0.786. The summed E-state index contributed by atoms with van der Waals surface area (Å²) in [4.78, 5) is 16.0. The van der Waals surface area contributed by atoms with Crippen LogP contribution in [-0.2, 0) is 21.4 Å². The van der Waals surface area contributed by atoms with Crippen molar-refractivity contribution in [3.63, 3.8) is 0 Å². The molecule has 3 rings (SSSR count). The fourth-order valence-electron chi connectivity index (χ4n) is 3.29. The summed E-state index contributed by atoms with van der Waals surface area (Å²) >= 11 is 0. The molecule has 1 N–H and O–H groups in total. The second-order valence-electron chi connectivity index (χ2n) is 6.76. The van der Waals surface area contributed by atoms with E-state index in [1.54, 1.807) is 25.2 Å². The number of hydrogen-bond donors (Lipinski definition) is 1. The number of nitrogens with one attached hydrogen (secondary N) is 1. The minimum absolute atomic E-state index is 0.00977. The van der Waals surface area contributed by atoms with Crippen molar-refractivity contribution < 1.29 is 13.2 Å². The maximum Gasteiger partial charge on any atom is 0.252 e. The van der Waals surface area contributed by atoms with Crippen LogP contribution in [0.1, 0.15) is 37.9 Å². The molecule has 1 aromatic heterocycles. The summed E-state index contributed by atoms with van der Waals surface area (Å²) in [6.07, 6.45) is 6.34. The summed E-state index contributed by atoms with van der Waals surface area (Å²) in [5, 5.41) is 15.2. The molecule has 148 valence electrons. The first-order valence-corrected chi connectivity index (χ1v) is 10.5. The number of nitrogens with zero attached hydrogens (tertiary/aromatic N) is 5. The third-order valence-electron chi connectivity index (χ3n) is 4.85. The van der Waals surface area contributed by atoms with E-state index in [0.29, 0.717) is 5.69 Å². The third kappa shape index (κ3) is 4.55. The van der Waals surface area contributed by atoms with Crippen LogP contribution in [0.5, 0.6) is 0 Å². The molecule has 9 nitrogen and oxygen atoms in total. The van der Waals surface area contributed by atoms with Crippen LogP contribution in [0.2, 0.25) is 0 Å². The highest BCUT2D eigenvalue weighted by Gasteiger charge is 2.28. The van der Waals surface area contributed by atoms with Gasteiger partial charge in [0.25, 0.3) is 5.82 Å². The van der Waals surface area contributed by atoms with E-state index >= 15 is 0 Å². The Labute approximate surface area is 164 Å². The van der Waals surface area contributed by atoms with Crippen molar-refractivity contribution >= 4 is 21.6 Å². The van der Waals surface area contributed by atoms with Gasteiger partial charge in [-0.25, -0.2) is 18.1 Å². The first-order chi connectivity index (χ1) is 13.4. The van der Waals surface area contributed by atoms with Crippen molar-refractivity contribution in [1.29, 1.82) is 5.26 Å². The zero-order valence-electron chi connectivity index (χ0n) is 15.6. The van der Waals surface area contributed by atoms with E-state index in [-0.39, 0.29) is 29.2 Å². The number of anilines is 1. The van der Waals surface area contributed by atoms with Gasteiger partial charge in [0.15, 0.2) is 0 Å². The summed E-state index contributed by atoms with van der Waals surface area (Å²) < 4.78 is 28.4. The van der Waals surface area contributed by atoms with Gasteiger partial charge in [-0.2, -0.15) is 9.57 Å². The van der Waals surface area contributed by atoms with E-state index < -0.39 is 10.0 Å². The first-order valence-electron chi connectivity index (χ1n) is 9.07. The lowest BCUT2D eigenvalue weighted by atomic mass is 9.96. The molecule has 0 unspecified atom stereocenters. The summed E-state index contributed by atoms with van der Waals surface area (Å²) in [5.74, 6) is -0.367. The second-order valence-corrected chi connectivity index (χ2v) is 8.76. The van der Waals surface area contributed by atoms with Crippen LogP contribution in [0.15, 0.2) is 35.5 Å². The van der Waals surface area contributed by atoms with E-state index in [1.165, 1.54) is 27.4 Å². The number of hydrogen-bond acceptors (Lipinski definition) is 6. The van der Waals surface area contributed by atoms with E-state index in [4.69, 9.17) is 5.26 Å². The van der Waals surface area contributed by atoms with Gasteiger partial charge >= 0.3 is 0 Å². The zero-order valence-corrected chi connectivity index (χ0v) is 16.4. The Bertz CT molecular complexity index is 971. The van der Waals surface area contributed by atoms with Crippen LogP contribution < -0.4 is 5.32 Å². The number of carbonyl (C=O) groups is 1. The smallest absolute Gasteiger partial charge is 0.252 e. The van der Waals surface area contributed by atoms with Crippen molar-refractivity contribution in [2.24, 2.45) is 0 Å². The minimum Gasteiger partial charge on any atom is -0.324 e. The van der Waals surface area contributed by atoms with Crippen LogP contribution in [0, 0.1) is 11.3 Å². The number of sulfonamides is 1. The summed E-state index contributed by atoms with van der Waals surface area (Å²) in [6, 6.07) is 7.93. The number of rotatable bonds is 6. The maximum atomic E-state index is 12.8. The maximum absolute atomic E-state index is 12.8. The summed E-state index contributed by atoms with van der Waals surface area (Å²) in [7, 11) is -1.93. The average Bonchev–Trinajstić information content (AvgIpc) is 3.15. The van der Waals surface area contributed by atoms with E-state index in [9.17, 15) is 13.2 Å².